The zero-order valence-corrected chi connectivity index (χ0v) is 15.6. The Morgan fingerprint density at radius 1 is 0.917 bits per heavy atom. The highest BCUT2D eigenvalue weighted by Crippen LogP contribution is 2.14. The van der Waals surface area contributed by atoms with Gasteiger partial charge in [-0.2, -0.15) is 0 Å². The van der Waals surface area contributed by atoms with Gasteiger partial charge in [0.25, 0.3) is 0 Å². The van der Waals surface area contributed by atoms with Crippen LogP contribution in [-0.4, -0.2) is 25.3 Å². The Labute approximate surface area is 149 Å². The monoisotopic (exact) mass is 338 g/mol. The van der Waals surface area contributed by atoms with Gasteiger partial charge in [0.2, 0.25) is 0 Å². The van der Waals surface area contributed by atoms with Gasteiger partial charge in [0.15, 0.2) is 0 Å². The molecule has 1 aliphatic rings. The van der Waals surface area contributed by atoms with E-state index in [4.69, 9.17) is 9.47 Å². The third-order valence-electron chi connectivity index (χ3n) is 4.65. The Hall–Kier alpha value is -0.570. The summed E-state index contributed by atoms with van der Waals surface area (Å²) in [6.07, 6.45) is 20.1. The number of hydrogen-bond acceptors (Lipinski definition) is 3. The van der Waals surface area contributed by atoms with E-state index in [1.807, 2.05) is 6.42 Å². The van der Waals surface area contributed by atoms with Crippen molar-refractivity contribution in [3.05, 3.63) is 13.3 Å². The Balaban J connectivity index is 1.76. The lowest BCUT2D eigenvalue weighted by atomic mass is 10.0. The first-order valence-corrected chi connectivity index (χ1v) is 10.2. The summed E-state index contributed by atoms with van der Waals surface area (Å²) in [5.41, 5.74) is 0. The smallest absolute Gasteiger partial charge is 0.306 e. The average molecular weight is 339 g/mol. The second kappa shape index (κ2) is 15.9. The lowest BCUT2D eigenvalue weighted by molar-refractivity contribution is -0.153. The van der Waals surface area contributed by atoms with E-state index in [0.29, 0.717) is 19.6 Å². The molecule has 1 heterocycles. The molecule has 0 aliphatic carbocycles. The molecule has 24 heavy (non-hydrogen) atoms. The molecule has 0 bridgehead atoms. The molecular formula is C21H38O3. The number of hydrogen-bond donors (Lipinski definition) is 0. The van der Waals surface area contributed by atoms with Gasteiger partial charge in [-0.3, -0.25) is 4.79 Å². The minimum absolute atomic E-state index is 0.0510. The highest BCUT2D eigenvalue weighted by molar-refractivity contribution is 5.69. The second-order valence-corrected chi connectivity index (χ2v) is 7.02. The maximum absolute atomic E-state index is 11.7. The van der Waals surface area contributed by atoms with Crippen LogP contribution in [0.3, 0.4) is 0 Å². The first kappa shape index (κ1) is 21.5. The summed E-state index contributed by atoms with van der Waals surface area (Å²) in [7, 11) is 0. The van der Waals surface area contributed by atoms with Crippen LogP contribution in [0.25, 0.3) is 0 Å². The fourth-order valence-corrected chi connectivity index (χ4v) is 3.15. The van der Waals surface area contributed by atoms with Crippen molar-refractivity contribution in [2.75, 3.05) is 13.2 Å². The van der Waals surface area contributed by atoms with Crippen LogP contribution in [0.4, 0.5) is 0 Å². The molecule has 2 radical (unpaired) electrons. The molecule has 1 saturated heterocycles. The van der Waals surface area contributed by atoms with Crippen molar-refractivity contribution in [3.63, 3.8) is 0 Å². The van der Waals surface area contributed by atoms with Crippen molar-refractivity contribution in [2.24, 2.45) is 0 Å². The van der Waals surface area contributed by atoms with E-state index >= 15 is 0 Å². The summed E-state index contributed by atoms with van der Waals surface area (Å²) in [4.78, 5) is 11.7. The number of carbonyl (C=O) groups is 1. The first-order valence-electron chi connectivity index (χ1n) is 10.2. The Kier molecular flexibility index (Phi) is 14.3. The van der Waals surface area contributed by atoms with E-state index in [0.717, 1.165) is 25.7 Å². The van der Waals surface area contributed by atoms with E-state index in [1.54, 1.807) is 0 Å². The largest absolute Gasteiger partial charge is 0.460 e. The molecule has 1 unspecified atom stereocenters. The van der Waals surface area contributed by atoms with Gasteiger partial charge >= 0.3 is 5.97 Å². The van der Waals surface area contributed by atoms with Crippen molar-refractivity contribution in [1.82, 2.24) is 0 Å². The lowest BCUT2D eigenvalue weighted by Crippen LogP contribution is -2.28. The van der Waals surface area contributed by atoms with Crippen LogP contribution in [0.2, 0.25) is 0 Å². The van der Waals surface area contributed by atoms with Gasteiger partial charge in [-0.05, 0) is 19.3 Å². The van der Waals surface area contributed by atoms with Crippen LogP contribution in [-0.2, 0) is 14.3 Å². The maximum atomic E-state index is 11.7. The summed E-state index contributed by atoms with van der Waals surface area (Å²) < 4.78 is 10.7. The quantitative estimate of drug-likeness (QED) is 0.279. The van der Waals surface area contributed by atoms with Gasteiger partial charge < -0.3 is 9.47 Å². The van der Waals surface area contributed by atoms with Crippen LogP contribution >= 0.6 is 0 Å². The van der Waals surface area contributed by atoms with Crippen molar-refractivity contribution < 1.29 is 14.3 Å². The molecule has 1 fully saturated rings. The van der Waals surface area contributed by atoms with Crippen molar-refractivity contribution >= 4 is 5.97 Å². The number of rotatable bonds is 15. The number of carbonyl (C=O) groups excluding carboxylic acids is 1. The molecule has 3 nitrogen and oxygen atoms in total. The zero-order valence-electron chi connectivity index (χ0n) is 15.6. The van der Waals surface area contributed by atoms with Gasteiger partial charge in [-0.25, -0.2) is 0 Å². The number of esters is 1. The first-order chi connectivity index (χ1) is 11.8. The highest BCUT2D eigenvalue weighted by atomic mass is 16.6. The third-order valence-corrected chi connectivity index (χ3v) is 4.65. The Morgan fingerprint density at radius 2 is 1.46 bits per heavy atom. The Morgan fingerprint density at radius 3 is 1.96 bits per heavy atom. The normalized spacial score (nSPS) is 17.8. The van der Waals surface area contributed by atoms with E-state index in [-0.39, 0.29) is 12.1 Å². The predicted octanol–water partition coefficient (Wildman–Crippen LogP) is 5.82. The summed E-state index contributed by atoms with van der Waals surface area (Å²) in [6.45, 7) is 5.12. The van der Waals surface area contributed by atoms with Crippen molar-refractivity contribution in [2.45, 2.75) is 102 Å². The van der Waals surface area contributed by atoms with Crippen LogP contribution in [0.5, 0.6) is 0 Å². The molecule has 0 spiro atoms. The highest BCUT2D eigenvalue weighted by Gasteiger charge is 2.17. The van der Waals surface area contributed by atoms with Crippen LogP contribution < -0.4 is 0 Å². The van der Waals surface area contributed by atoms with E-state index in [1.165, 1.54) is 64.2 Å². The second-order valence-electron chi connectivity index (χ2n) is 7.02. The predicted molar refractivity (Wildman–Crippen MR) is 99.6 cm³/mol. The zero-order chi connectivity index (χ0) is 17.3. The summed E-state index contributed by atoms with van der Waals surface area (Å²) >= 11 is 0. The standard InChI is InChI=1S/C21H38O3/c1-2-3-4-5-6-7-8-9-10-11-12-13-14-17-21(22)24-20-16-15-18-23-19-20/h15,20H,1-14,16-19H2. The van der Waals surface area contributed by atoms with Gasteiger partial charge in [0.05, 0.1) is 13.2 Å². The van der Waals surface area contributed by atoms with Crippen LogP contribution in [0.1, 0.15) is 96.3 Å². The lowest BCUT2D eigenvalue weighted by Gasteiger charge is -2.21. The van der Waals surface area contributed by atoms with E-state index < -0.39 is 0 Å². The topological polar surface area (TPSA) is 35.5 Å². The van der Waals surface area contributed by atoms with E-state index in [9.17, 15) is 4.79 Å². The molecule has 1 atom stereocenters. The SMILES string of the molecule is [CH2]CCCCCCCCCCCCCCC(=O)OC1C[CH]COC1. The minimum atomic E-state index is -0.0576. The number of ether oxygens (including phenoxy) is 2. The van der Waals surface area contributed by atoms with Gasteiger partial charge in [0.1, 0.15) is 6.10 Å². The van der Waals surface area contributed by atoms with Crippen LogP contribution in [0, 0.1) is 13.3 Å². The van der Waals surface area contributed by atoms with Crippen molar-refractivity contribution in [1.29, 1.82) is 0 Å². The molecule has 1 aliphatic heterocycles. The average Bonchev–Trinajstić information content (AvgIpc) is 2.60. The Bertz CT molecular complexity index is 285. The maximum Gasteiger partial charge on any atom is 0.306 e. The molecule has 3 heteroatoms. The molecule has 0 N–H and O–H groups in total. The fourth-order valence-electron chi connectivity index (χ4n) is 3.15. The fraction of sp³-hybridized carbons (Fsp3) is 0.857. The molecule has 0 amide bonds. The third kappa shape index (κ3) is 12.8. The summed E-state index contributed by atoms with van der Waals surface area (Å²) in [5.74, 6) is -0.0576. The van der Waals surface area contributed by atoms with E-state index in [2.05, 4.69) is 6.92 Å². The molecule has 140 valence electrons. The molecule has 1 rings (SSSR count). The summed E-state index contributed by atoms with van der Waals surface area (Å²) in [5, 5.41) is 0. The van der Waals surface area contributed by atoms with Crippen molar-refractivity contribution in [3.8, 4) is 0 Å². The molecular weight excluding hydrogens is 300 g/mol. The van der Waals surface area contributed by atoms with Crippen LogP contribution in [0.15, 0.2) is 0 Å². The molecule has 0 aromatic carbocycles. The molecule has 0 aromatic rings. The van der Waals surface area contributed by atoms with Gasteiger partial charge in [-0.1, -0.05) is 84.0 Å². The van der Waals surface area contributed by atoms with Gasteiger partial charge in [-0.15, -0.1) is 0 Å². The van der Waals surface area contributed by atoms with Gasteiger partial charge in [0, 0.05) is 6.42 Å². The molecule has 0 aromatic heterocycles. The molecule has 0 saturated carbocycles. The minimum Gasteiger partial charge on any atom is -0.460 e. The number of unbranched alkanes of at least 4 members (excludes halogenated alkanes) is 12. The summed E-state index contributed by atoms with van der Waals surface area (Å²) in [6, 6.07) is 0.